The zero-order valence-electron chi connectivity index (χ0n) is 10.5. The van der Waals surface area contributed by atoms with Gasteiger partial charge in [0.1, 0.15) is 0 Å². The Labute approximate surface area is 108 Å². The molecule has 0 heterocycles. The van der Waals surface area contributed by atoms with Crippen molar-refractivity contribution in [1.82, 2.24) is 0 Å². The van der Waals surface area contributed by atoms with E-state index in [1.165, 1.54) is 4.90 Å². The van der Waals surface area contributed by atoms with Gasteiger partial charge >= 0.3 is 0 Å². The second-order valence-corrected chi connectivity index (χ2v) is 5.72. The zero-order valence-corrected chi connectivity index (χ0v) is 11.4. The van der Waals surface area contributed by atoms with Gasteiger partial charge < -0.3 is 10.2 Å². The summed E-state index contributed by atoms with van der Waals surface area (Å²) in [4.78, 5) is 1.18. The van der Waals surface area contributed by atoms with Crippen molar-refractivity contribution in [2.24, 2.45) is 5.92 Å². The minimum absolute atomic E-state index is 0.0384. The lowest BCUT2D eigenvalue weighted by Gasteiger charge is -2.26. The second kappa shape index (κ2) is 7.75. The molecule has 0 bridgehead atoms. The molecule has 0 radical (unpaired) electrons. The molecule has 17 heavy (non-hydrogen) atoms. The molecule has 0 fully saturated rings. The quantitative estimate of drug-likeness (QED) is 0.735. The Bertz CT molecular complexity index is 302. The number of thioether (sulfide) groups is 1. The Balaban J connectivity index is 2.66. The van der Waals surface area contributed by atoms with Gasteiger partial charge in [-0.05, 0) is 18.6 Å². The van der Waals surface area contributed by atoms with Gasteiger partial charge in [-0.15, -0.1) is 11.8 Å². The van der Waals surface area contributed by atoms with Crippen molar-refractivity contribution in [2.75, 3.05) is 6.61 Å². The molecular formula is C14H22O2S. The summed E-state index contributed by atoms with van der Waals surface area (Å²) < 4.78 is 0. The first-order chi connectivity index (χ1) is 8.19. The first-order valence-corrected chi connectivity index (χ1v) is 7.07. The molecule has 1 aromatic rings. The van der Waals surface area contributed by atoms with Crippen LogP contribution in [0.2, 0.25) is 0 Å². The van der Waals surface area contributed by atoms with E-state index in [0.29, 0.717) is 0 Å². The van der Waals surface area contributed by atoms with Gasteiger partial charge in [0.15, 0.2) is 0 Å². The lowest BCUT2D eigenvalue weighted by molar-refractivity contribution is 0.0734. The van der Waals surface area contributed by atoms with Crippen molar-refractivity contribution in [2.45, 2.75) is 42.9 Å². The smallest absolute Gasteiger partial charge is 0.0709 e. The molecule has 2 N–H and O–H groups in total. The molecule has 1 aromatic carbocycles. The van der Waals surface area contributed by atoms with E-state index in [1.807, 2.05) is 25.1 Å². The Morgan fingerprint density at radius 2 is 1.88 bits per heavy atom. The summed E-state index contributed by atoms with van der Waals surface area (Å²) in [6.45, 7) is 4.05. The van der Waals surface area contributed by atoms with E-state index in [4.69, 9.17) is 5.11 Å². The molecule has 3 heteroatoms. The van der Waals surface area contributed by atoms with Crippen molar-refractivity contribution in [3.63, 3.8) is 0 Å². The fourth-order valence-electron chi connectivity index (χ4n) is 1.73. The average Bonchev–Trinajstić information content (AvgIpc) is 2.37. The Hall–Kier alpha value is -0.510. The first kappa shape index (κ1) is 14.6. The Kier molecular flexibility index (Phi) is 6.63. The highest BCUT2D eigenvalue weighted by Gasteiger charge is 2.24. The summed E-state index contributed by atoms with van der Waals surface area (Å²) in [5.41, 5.74) is 0. The molecule has 2 nitrogen and oxygen atoms in total. The SMILES string of the molecule is CCC[C@H](Sc1ccccc1)[C@@H](O)[C@@H](C)CO. The van der Waals surface area contributed by atoms with Crippen LogP contribution in [-0.2, 0) is 0 Å². The van der Waals surface area contributed by atoms with E-state index < -0.39 is 6.10 Å². The first-order valence-electron chi connectivity index (χ1n) is 6.19. The van der Waals surface area contributed by atoms with Crippen LogP contribution in [-0.4, -0.2) is 28.2 Å². The van der Waals surface area contributed by atoms with Crippen LogP contribution < -0.4 is 0 Å². The normalized spacial score (nSPS) is 16.5. The minimum atomic E-state index is -0.454. The van der Waals surface area contributed by atoms with E-state index in [2.05, 4.69) is 19.1 Å². The standard InChI is InChI=1S/C14H22O2S/c1-3-7-13(14(16)11(2)10-15)17-12-8-5-4-6-9-12/h4-6,8-9,11,13-16H,3,7,10H2,1-2H3/t11-,13-,14-/m0/s1. The molecule has 0 aromatic heterocycles. The minimum Gasteiger partial charge on any atom is -0.396 e. The fourth-order valence-corrected chi connectivity index (χ4v) is 3.16. The van der Waals surface area contributed by atoms with Gasteiger partial charge in [-0.25, -0.2) is 0 Å². The highest BCUT2D eigenvalue weighted by atomic mass is 32.2. The molecule has 3 atom stereocenters. The third kappa shape index (κ3) is 4.70. The third-order valence-corrected chi connectivity index (χ3v) is 4.22. The molecule has 0 aliphatic carbocycles. The maximum atomic E-state index is 10.2. The van der Waals surface area contributed by atoms with Crippen LogP contribution >= 0.6 is 11.8 Å². The molecule has 0 spiro atoms. The highest BCUT2D eigenvalue weighted by molar-refractivity contribution is 8.00. The largest absolute Gasteiger partial charge is 0.396 e. The van der Waals surface area contributed by atoms with E-state index in [0.717, 1.165) is 12.8 Å². The molecule has 96 valence electrons. The van der Waals surface area contributed by atoms with Crippen molar-refractivity contribution in [3.05, 3.63) is 30.3 Å². The molecular weight excluding hydrogens is 232 g/mol. The summed E-state index contributed by atoms with van der Waals surface area (Å²) in [5, 5.41) is 19.5. The summed E-state index contributed by atoms with van der Waals surface area (Å²) in [6, 6.07) is 10.1. The van der Waals surface area contributed by atoms with Gasteiger partial charge in [0, 0.05) is 22.7 Å². The predicted molar refractivity (Wildman–Crippen MR) is 73.3 cm³/mol. The van der Waals surface area contributed by atoms with Gasteiger partial charge in [-0.1, -0.05) is 38.5 Å². The number of rotatable bonds is 7. The lowest BCUT2D eigenvalue weighted by Crippen LogP contribution is -2.31. The van der Waals surface area contributed by atoms with Crippen molar-refractivity contribution in [1.29, 1.82) is 0 Å². The molecule has 0 unspecified atom stereocenters. The maximum Gasteiger partial charge on any atom is 0.0709 e. The van der Waals surface area contributed by atoms with Gasteiger partial charge in [0.05, 0.1) is 6.10 Å². The molecule has 0 amide bonds. The number of benzene rings is 1. The number of hydrogen-bond acceptors (Lipinski definition) is 3. The van der Waals surface area contributed by atoms with E-state index in [1.54, 1.807) is 11.8 Å². The van der Waals surface area contributed by atoms with Crippen LogP contribution in [0.1, 0.15) is 26.7 Å². The zero-order chi connectivity index (χ0) is 12.7. The van der Waals surface area contributed by atoms with E-state index in [-0.39, 0.29) is 17.8 Å². The Morgan fingerprint density at radius 1 is 1.24 bits per heavy atom. The second-order valence-electron chi connectivity index (χ2n) is 4.41. The summed E-state index contributed by atoms with van der Waals surface area (Å²) in [7, 11) is 0. The molecule has 0 saturated heterocycles. The number of hydrogen-bond donors (Lipinski definition) is 2. The average molecular weight is 254 g/mol. The fraction of sp³-hybridized carbons (Fsp3) is 0.571. The van der Waals surface area contributed by atoms with Gasteiger partial charge in [-0.3, -0.25) is 0 Å². The molecule has 0 aliphatic rings. The van der Waals surface area contributed by atoms with Crippen LogP contribution in [0.5, 0.6) is 0 Å². The highest BCUT2D eigenvalue weighted by Crippen LogP contribution is 2.30. The topological polar surface area (TPSA) is 40.5 Å². The van der Waals surface area contributed by atoms with Gasteiger partial charge in [-0.2, -0.15) is 0 Å². The summed E-state index contributed by atoms with van der Waals surface area (Å²) in [5.74, 6) is -0.0669. The summed E-state index contributed by atoms with van der Waals surface area (Å²) in [6.07, 6.45) is 1.55. The lowest BCUT2D eigenvalue weighted by atomic mass is 10.0. The Morgan fingerprint density at radius 3 is 2.41 bits per heavy atom. The van der Waals surface area contributed by atoms with Crippen molar-refractivity contribution >= 4 is 11.8 Å². The van der Waals surface area contributed by atoms with E-state index in [9.17, 15) is 5.11 Å². The van der Waals surface area contributed by atoms with Crippen LogP contribution in [0, 0.1) is 5.92 Å². The number of aliphatic hydroxyl groups is 2. The van der Waals surface area contributed by atoms with Gasteiger partial charge in [0.2, 0.25) is 0 Å². The van der Waals surface area contributed by atoms with E-state index >= 15 is 0 Å². The molecule has 1 rings (SSSR count). The number of aliphatic hydroxyl groups excluding tert-OH is 2. The van der Waals surface area contributed by atoms with Crippen LogP contribution in [0.3, 0.4) is 0 Å². The molecule has 0 saturated carbocycles. The van der Waals surface area contributed by atoms with Crippen LogP contribution in [0.15, 0.2) is 35.2 Å². The van der Waals surface area contributed by atoms with Crippen molar-refractivity contribution < 1.29 is 10.2 Å². The third-order valence-electron chi connectivity index (χ3n) is 2.86. The summed E-state index contributed by atoms with van der Waals surface area (Å²) >= 11 is 1.70. The maximum absolute atomic E-state index is 10.2. The van der Waals surface area contributed by atoms with Crippen LogP contribution in [0.4, 0.5) is 0 Å². The van der Waals surface area contributed by atoms with Crippen molar-refractivity contribution in [3.8, 4) is 0 Å². The molecule has 0 aliphatic heterocycles. The van der Waals surface area contributed by atoms with Gasteiger partial charge in [0.25, 0.3) is 0 Å². The monoisotopic (exact) mass is 254 g/mol. The predicted octanol–water partition coefficient (Wildman–Crippen LogP) is 2.94. The van der Waals surface area contributed by atoms with Crippen LogP contribution in [0.25, 0.3) is 0 Å².